The van der Waals surface area contributed by atoms with Crippen LogP contribution in [0.2, 0.25) is 0 Å². The highest BCUT2D eigenvalue weighted by molar-refractivity contribution is 4.78. The first kappa shape index (κ1) is 10.9. The molecular weight excluding hydrogens is 172 g/mol. The molecule has 1 rings (SSSR count). The summed E-state index contributed by atoms with van der Waals surface area (Å²) in [5, 5.41) is 18.9. The maximum absolute atomic E-state index is 9.50. The Bertz CT molecular complexity index is 160. The summed E-state index contributed by atoms with van der Waals surface area (Å²) < 4.78 is 10.6. The first-order valence-corrected chi connectivity index (χ1v) is 4.67. The molecule has 4 atom stereocenters. The van der Waals surface area contributed by atoms with Crippen molar-refractivity contribution < 1.29 is 19.7 Å². The molecule has 4 nitrogen and oxygen atoms in total. The summed E-state index contributed by atoms with van der Waals surface area (Å²) in [6.07, 6.45) is -1.86. The highest BCUT2D eigenvalue weighted by atomic mass is 16.7. The normalized spacial score (nSPS) is 41.1. The number of aliphatic hydroxyl groups excluding tert-OH is 2. The van der Waals surface area contributed by atoms with E-state index in [1.165, 1.54) is 0 Å². The molecule has 2 N–H and O–H groups in total. The summed E-state index contributed by atoms with van der Waals surface area (Å²) >= 11 is 0. The molecule has 78 valence electrons. The van der Waals surface area contributed by atoms with Gasteiger partial charge >= 0.3 is 0 Å². The molecule has 0 aromatic rings. The van der Waals surface area contributed by atoms with E-state index in [2.05, 4.69) is 0 Å². The molecule has 0 aromatic carbocycles. The number of aliphatic hydroxyl groups is 2. The SMILES string of the molecule is CC(C)O[C@@H]1OC(C)[C@H](O)C[C@@H]1O. The third kappa shape index (κ3) is 2.91. The predicted octanol–water partition coefficient (Wildman–Crippen LogP) is 0.268. The second kappa shape index (κ2) is 4.37. The Labute approximate surface area is 78.5 Å². The predicted molar refractivity (Wildman–Crippen MR) is 47.2 cm³/mol. The average molecular weight is 190 g/mol. The fourth-order valence-electron chi connectivity index (χ4n) is 1.33. The monoisotopic (exact) mass is 190 g/mol. The quantitative estimate of drug-likeness (QED) is 0.656. The Kier molecular flexibility index (Phi) is 3.67. The second-order valence-corrected chi connectivity index (χ2v) is 3.76. The van der Waals surface area contributed by atoms with E-state index in [1.807, 2.05) is 13.8 Å². The van der Waals surface area contributed by atoms with E-state index in [4.69, 9.17) is 9.47 Å². The van der Waals surface area contributed by atoms with Crippen LogP contribution in [-0.2, 0) is 9.47 Å². The molecule has 4 heteroatoms. The Morgan fingerprint density at radius 3 is 2.46 bits per heavy atom. The van der Waals surface area contributed by atoms with Crippen LogP contribution in [0.5, 0.6) is 0 Å². The van der Waals surface area contributed by atoms with E-state index in [0.29, 0.717) is 6.42 Å². The smallest absolute Gasteiger partial charge is 0.184 e. The number of rotatable bonds is 2. The van der Waals surface area contributed by atoms with Gasteiger partial charge in [-0.25, -0.2) is 0 Å². The molecule has 0 amide bonds. The van der Waals surface area contributed by atoms with Crippen molar-refractivity contribution >= 4 is 0 Å². The molecule has 1 saturated heterocycles. The molecule has 0 saturated carbocycles. The summed E-state index contributed by atoms with van der Waals surface area (Å²) in [5.74, 6) is 0. The molecule has 1 aliphatic rings. The first-order chi connectivity index (χ1) is 6.00. The summed E-state index contributed by atoms with van der Waals surface area (Å²) in [5.41, 5.74) is 0. The lowest BCUT2D eigenvalue weighted by molar-refractivity contribution is -0.271. The largest absolute Gasteiger partial charge is 0.390 e. The van der Waals surface area contributed by atoms with Gasteiger partial charge in [0.1, 0.15) is 6.10 Å². The molecule has 0 bridgehead atoms. The van der Waals surface area contributed by atoms with Gasteiger partial charge in [0, 0.05) is 6.42 Å². The molecule has 0 aromatic heterocycles. The molecule has 1 unspecified atom stereocenters. The number of hydrogen-bond donors (Lipinski definition) is 2. The van der Waals surface area contributed by atoms with Crippen molar-refractivity contribution in [2.24, 2.45) is 0 Å². The zero-order valence-corrected chi connectivity index (χ0v) is 8.30. The Balaban J connectivity index is 2.46. The zero-order valence-electron chi connectivity index (χ0n) is 8.30. The maximum atomic E-state index is 9.50. The average Bonchev–Trinajstić information content (AvgIpc) is 1.99. The molecular formula is C9H18O4. The summed E-state index contributed by atoms with van der Waals surface area (Å²) in [4.78, 5) is 0. The lowest BCUT2D eigenvalue weighted by Crippen LogP contribution is -2.47. The molecule has 13 heavy (non-hydrogen) atoms. The van der Waals surface area contributed by atoms with Crippen LogP contribution in [0.4, 0.5) is 0 Å². The van der Waals surface area contributed by atoms with Crippen molar-refractivity contribution in [2.45, 2.75) is 57.9 Å². The van der Waals surface area contributed by atoms with Crippen molar-refractivity contribution in [3.05, 3.63) is 0 Å². The Hall–Kier alpha value is -0.160. The van der Waals surface area contributed by atoms with Gasteiger partial charge in [-0.15, -0.1) is 0 Å². The fourth-order valence-corrected chi connectivity index (χ4v) is 1.33. The van der Waals surface area contributed by atoms with E-state index < -0.39 is 18.5 Å². The molecule has 0 radical (unpaired) electrons. The standard InChI is InChI=1S/C9H18O4/c1-5(2)12-9-8(11)4-7(10)6(3)13-9/h5-11H,4H2,1-3H3/t6?,7-,8+,9-/m1/s1. The third-order valence-electron chi connectivity index (χ3n) is 2.09. The van der Waals surface area contributed by atoms with E-state index in [-0.39, 0.29) is 12.2 Å². The van der Waals surface area contributed by atoms with Crippen LogP contribution >= 0.6 is 0 Å². The van der Waals surface area contributed by atoms with Gasteiger partial charge in [0.25, 0.3) is 0 Å². The van der Waals surface area contributed by atoms with E-state index in [1.54, 1.807) is 6.92 Å². The maximum Gasteiger partial charge on any atom is 0.184 e. The lowest BCUT2D eigenvalue weighted by Gasteiger charge is -2.36. The number of ether oxygens (including phenoxy) is 2. The molecule has 1 heterocycles. The minimum atomic E-state index is -0.728. The zero-order chi connectivity index (χ0) is 10.0. The van der Waals surface area contributed by atoms with E-state index in [0.717, 1.165) is 0 Å². The van der Waals surface area contributed by atoms with E-state index in [9.17, 15) is 10.2 Å². The second-order valence-electron chi connectivity index (χ2n) is 3.76. The fraction of sp³-hybridized carbons (Fsp3) is 1.00. The van der Waals surface area contributed by atoms with Crippen molar-refractivity contribution in [1.29, 1.82) is 0 Å². The van der Waals surface area contributed by atoms with Crippen LogP contribution in [0.25, 0.3) is 0 Å². The summed E-state index contributed by atoms with van der Waals surface area (Å²) in [6.45, 7) is 5.53. The Morgan fingerprint density at radius 1 is 1.31 bits per heavy atom. The van der Waals surface area contributed by atoms with Crippen LogP contribution in [0.15, 0.2) is 0 Å². The minimum absolute atomic E-state index is 0.0158. The van der Waals surface area contributed by atoms with Gasteiger partial charge in [-0.05, 0) is 20.8 Å². The van der Waals surface area contributed by atoms with Crippen LogP contribution in [0, 0.1) is 0 Å². The molecule has 0 spiro atoms. The number of hydrogen-bond acceptors (Lipinski definition) is 4. The van der Waals surface area contributed by atoms with Crippen molar-refractivity contribution in [1.82, 2.24) is 0 Å². The molecule has 1 aliphatic heterocycles. The van der Waals surface area contributed by atoms with Gasteiger partial charge in [0.2, 0.25) is 0 Å². The van der Waals surface area contributed by atoms with Crippen LogP contribution < -0.4 is 0 Å². The van der Waals surface area contributed by atoms with Crippen molar-refractivity contribution in [2.75, 3.05) is 0 Å². The van der Waals surface area contributed by atoms with Crippen molar-refractivity contribution in [3.63, 3.8) is 0 Å². The van der Waals surface area contributed by atoms with Gasteiger partial charge in [-0.3, -0.25) is 0 Å². The van der Waals surface area contributed by atoms with Gasteiger partial charge in [-0.1, -0.05) is 0 Å². The van der Waals surface area contributed by atoms with Gasteiger partial charge < -0.3 is 19.7 Å². The summed E-state index contributed by atoms with van der Waals surface area (Å²) in [6, 6.07) is 0. The Morgan fingerprint density at radius 2 is 1.92 bits per heavy atom. The van der Waals surface area contributed by atoms with Gasteiger partial charge in [0.15, 0.2) is 6.29 Å². The summed E-state index contributed by atoms with van der Waals surface area (Å²) in [7, 11) is 0. The van der Waals surface area contributed by atoms with Gasteiger partial charge in [-0.2, -0.15) is 0 Å². The van der Waals surface area contributed by atoms with Crippen LogP contribution in [0.1, 0.15) is 27.2 Å². The molecule has 1 fully saturated rings. The van der Waals surface area contributed by atoms with Gasteiger partial charge in [0.05, 0.1) is 18.3 Å². The molecule has 0 aliphatic carbocycles. The highest BCUT2D eigenvalue weighted by Gasteiger charge is 2.34. The van der Waals surface area contributed by atoms with Crippen molar-refractivity contribution in [3.8, 4) is 0 Å². The third-order valence-corrected chi connectivity index (χ3v) is 2.09. The highest BCUT2D eigenvalue weighted by Crippen LogP contribution is 2.21. The first-order valence-electron chi connectivity index (χ1n) is 4.67. The van der Waals surface area contributed by atoms with Crippen LogP contribution in [0.3, 0.4) is 0 Å². The van der Waals surface area contributed by atoms with Crippen LogP contribution in [-0.4, -0.2) is 40.9 Å². The lowest BCUT2D eigenvalue weighted by atomic mass is 10.0. The minimum Gasteiger partial charge on any atom is -0.390 e. The topological polar surface area (TPSA) is 58.9 Å². The van der Waals surface area contributed by atoms with E-state index >= 15 is 0 Å².